The summed E-state index contributed by atoms with van der Waals surface area (Å²) in [5.41, 5.74) is -0.185. The zero-order chi connectivity index (χ0) is 16.6. The standard InChI is InChI=1S/C16H24N2O6/c19-11(23-13-15(9-17-13)1-5-21-6-2-15)12(20)24-14-16(10-18-14)3-7-22-8-4-16/h13-14,17-18H,1-10H2. The first-order chi connectivity index (χ1) is 11.6. The molecule has 0 aliphatic carbocycles. The summed E-state index contributed by atoms with van der Waals surface area (Å²) in [5.74, 6) is -1.84. The molecule has 4 rings (SSSR count). The minimum Gasteiger partial charge on any atom is -0.437 e. The first-order valence-corrected chi connectivity index (χ1v) is 8.68. The third-order valence-electron chi connectivity index (χ3n) is 5.99. The van der Waals surface area contributed by atoms with E-state index in [0.29, 0.717) is 26.4 Å². The van der Waals surface area contributed by atoms with E-state index in [9.17, 15) is 9.59 Å². The third kappa shape index (κ3) is 2.71. The third-order valence-corrected chi connectivity index (χ3v) is 5.99. The maximum Gasteiger partial charge on any atom is 0.419 e. The van der Waals surface area contributed by atoms with E-state index < -0.39 is 24.4 Å². The number of hydrogen-bond acceptors (Lipinski definition) is 8. The molecule has 4 aliphatic heterocycles. The molecule has 2 N–H and O–H groups in total. The maximum atomic E-state index is 12.1. The lowest BCUT2D eigenvalue weighted by molar-refractivity contribution is -0.207. The average molecular weight is 340 g/mol. The highest BCUT2D eigenvalue weighted by molar-refractivity contribution is 6.29. The summed E-state index contributed by atoms with van der Waals surface area (Å²) in [6.45, 7) is 4.23. The lowest BCUT2D eigenvalue weighted by Gasteiger charge is -2.51. The van der Waals surface area contributed by atoms with Gasteiger partial charge in [0.2, 0.25) is 0 Å². The molecule has 0 saturated carbocycles. The van der Waals surface area contributed by atoms with Crippen molar-refractivity contribution >= 4 is 11.9 Å². The molecule has 24 heavy (non-hydrogen) atoms. The first-order valence-electron chi connectivity index (χ1n) is 8.68. The van der Waals surface area contributed by atoms with Crippen LogP contribution in [0, 0.1) is 10.8 Å². The molecule has 2 spiro atoms. The minimum atomic E-state index is -0.922. The molecule has 0 bridgehead atoms. The van der Waals surface area contributed by atoms with Crippen LogP contribution < -0.4 is 10.6 Å². The molecule has 0 amide bonds. The molecule has 4 aliphatic rings. The number of carbonyl (C=O) groups is 2. The molecule has 134 valence electrons. The highest BCUT2D eigenvalue weighted by atomic mass is 16.6. The molecule has 8 nitrogen and oxygen atoms in total. The second-order valence-corrected chi connectivity index (χ2v) is 7.28. The molecule has 0 aromatic carbocycles. The van der Waals surface area contributed by atoms with E-state index in [1.165, 1.54) is 0 Å². The molecular weight excluding hydrogens is 316 g/mol. The summed E-state index contributed by atoms with van der Waals surface area (Å²) < 4.78 is 21.4. The Morgan fingerprint density at radius 1 is 0.750 bits per heavy atom. The van der Waals surface area contributed by atoms with Crippen LogP contribution in [0.3, 0.4) is 0 Å². The number of ether oxygens (including phenoxy) is 4. The van der Waals surface area contributed by atoms with Gasteiger partial charge in [-0.05, 0) is 25.7 Å². The topological polar surface area (TPSA) is 95.1 Å². The van der Waals surface area contributed by atoms with Crippen molar-refractivity contribution < 1.29 is 28.5 Å². The Labute approximate surface area is 140 Å². The molecule has 2 atom stereocenters. The fourth-order valence-electron chi connectivity index (χ4n) is 4.03. The Hall–Kier alpha value is -1.22. The van der Waals surface area contributed by atoms with Crippen LogP contribution in [-0.4, -0.2) is 63.9 Å². The van der Waals surface area contributed by atoms with Gasteiger partial charge in [-0.15, -0.1) is 0 Å². The summed E-state index contributed by atoms with van der Waals surface area (Å²) in [4.78, 5) is 24.2. The summed E-state index contributed by atoms with van der Waals surface area (Å²) in [7, 11) is 0. The second kappa shape index (κ2) is 6.25. The Bertz CT molecular complexity index is 467. The van der Waals surface area contributed by atoms with E-state index in [1.807, 2.05) is 0 Å². The number of rotatable bonds is 2. The second-order valence-electron chi connectivity index (χ2n) is 7.28. The number of esters is 2. The summed E-state index contributed by atoms with van der Waals surface area (Å²) in [6.07, 6.45) is 2.49. The Morgan fingerprint density at radius 2 is 1.12 bits per heavy atom. The van der Waals surface area contributed by atoms with E-state index in [4.69, 9.17) is 18.9 Å². The van der Waals surface area contributed by atoms with Crippen LogP contribution in [0.4, 0.5) is 0 Å². The van der Waals surface area contributed by atoms with Crippen molar-refractivity contribution in [2.24, 2.45) is 10.8 Å². The Balaban J connectivity index is 1.29. The first kappa shape index (κ1) is 16.3. The van der Waals surface area contributed by atoms with Gasteiger partial charge in [0, 0.05) is 50.3 Å². The maximum absolute atomic E-state index is 12.1. The predicted octanol–water partition coefficient (Wildman–Crippen LogP) is -0.475. The number of hydrogen-bond donors (Lipinski definition) is 2. The Kier molecular flexibility index (Phi) is 4.24. The van der Waals surface area contributed by atoms with E-state index in [1.54, 1.807) is 0 Å². The molecule has 0 radical (unpaired) electrons. The normalized spacial score (nSPS) is 33.3. The zero-order valence-corrected chi connectivity index (χ0v) is 13.7. The average Bonchev–Trinajstić information content (AvgIpc) is 2.63. The van der Waals surface area contributed by atoms with Crippen LogP contribution in [0.5, 0.6) is 0 Å². The van der Waals surface area contributed by atoms with Crippen molar-refractivity contribution in [3.63, 3.8) is 0 Å². The highest BCUT2D eigenvalue weighted by Crippen LogP contribution is 2.41. The van der Waals surface area contributed by atoms with Gasteiger partial charge in [-0.1, -0.05) is 0 Å². The van der Waals surface area contributed by atoms with Gasteiger partial charge in [0.15, 0.2) is 12.5 Å². The SMILES string of the molecule is O=C(OC1NCC12CCOCC2)C(=O)OC1NCC12CCOCC2. The van der Waals surface area contributed by atoms with E-state index >= 15 is 0 Å². The van der Waals surface area contributed by atoms with Gasteiger partial charge < -0.3 is 18.9 Å². The molecule has 8 heteroatoms. The van der Waals surface area contributed by atoms with Gasteiger partial charge >= 0.3 is 11.9 Å². The summed E-state index contributed by atoms with van der Waals surface area (Å²) >= 11 is 0. The van der Waals surface area contributed by atoms with Crippen LogP contribution in [-0.2, 0) is 28.5 Å². The van der Waals surface area contributed by atoms with Gasteiger partial charge in [0.25, 0.3) is 0 Å². The van der Waals surface area contributed by atoms with Crippen molar-refractivity contribution in [2.75, 3.05) is 39.5 Å². The van der Waals surface area contributed by atoms with E-state index in [0.717, 1.165) is 38.8 Å². The van der Waals surface area contributed by atoms with Crippen LogP contribution >= 0.6 is 0 Å². The van der Waals surface area contributed by atoms with Gasteiger partial charge in [-0.2, -0.15) is 0 Å². The van der Waals surface area contributed by atoms with Crippen molar-refractivity contribution in [3.8, 4) is 0 Å². The van der Waals surface area contributed by atoms with Gasteiger partial charge in [0.05, 0.1) is 0 Å². The van der Waals surface area contributed by atoms with Gasteiger partial charge in [0.1, 0.15) is 0 Å². The number of carbonyl (C=O) groups excluding carboxylic acids is 2. The Morgan fingerprint density at radius 3 is 1.42 bits per heavy atom. The smallest absolute Gasteiger partial charge is 0.419 e. The summed E-state index contributed by atoms with van der Waals surface area (Å²) in [6, 6.07) is 0. The van der Waals surface area contributed by atoms with Crippen molar-refractivity contribution in [2.45, 2.75) is 38.1 Å². The van der Waals surface area contributed by atoms with Crippen molar-refractivity contribution in [1.29, 1.82) is 0 Å². The zero-order valence-electron chi connectivity index (χ0n) is 13.7. The van der Waals surface area contributed by atoms with Gasteiger partial charge in [-0.3, -0.25) is 10.6 Å². The van der Waals surface area contributed by atoms with E-state index in [-0.39, 0.29) is 10.8 Å². The quantitative estimate of drug-likeness (QED) is 0.514. The lowest BCUT2D eigenvalue weighted by Crippen LogP contribution is -2.67. The van der Waals surface area contributed by atoms with Gasteiger partial charge in [-0.25, -0.2) is 9.59 Å². The molecule has 4 fully saturated rings. The largest absolute Gasteiger partial charge is 0.437 e. The summed E-state index contributed by atoms with van der Waals surface area (Å²) in [5, 5.41) is 6.18. The van der Waals surface area contributed by atoms with E-state index in [2.05, 4.69) is 10.6 Å². The van der Waals surface area contributed by atoms with Crippen molar-refractivity contribution in [1.82, 2.24) is 10.6 Å². The molecule has 0 aromatic rings. The molecular formula is C16H24N2O6. The van der Waals surface area contributed by atoms with Crippen LogP contribution in [0.15, 0.2) is 0 Å². The molecule has 4 saturated heterocycles. The fraction of sp³-hybridized carbons (Fsp3) is 0.875. The molecule has 2 unspecified atom stereocenters. The monoisotopic (exact) mass is 340 g/mol. The molecule has 4 heterocycles. The predicted molar refractivity (Wildman–Crippen MR) is 80.7 cm³/mol. The van der Waals surface area contributed by atoms with Crippen LogP contribution in [0.1, 0.15) is 25.7 Å². The lowest BCUT2D eigenvalue weighted by atomic mass is 9.73. The van der Waals surface area contributed by atoms with Crippen LogP contribution in [0.2, 0.25) is 0 Å². The minimum absolute atomic E-state index is 0.0924. The van der Waals surface area contributed by atoms with Crippen molar-refractivity contribution in [3.05, 3.63) is 0 Å². The highest BCUT2D eigenvalue weighted by Gasteiger charge is 2.52. The fourth-order valence-corrected chi connectivity index (χ4v) is 4.03. The van der Waals surface area contributed by atoms with Crippen LogP contribution in [0.25, 0.3) is 0 Å². The number of nitrogens with one attached hydrogen (secondary N) is 2. The molecule has 0 aromatic heterocycles.